The van der Waals surface area contributed by atoms with Crippen LogP contribution in [0.1, 0.15) is 5.56 Å². The van der Waals surface area contributed by atoms with Crippen LogP contribution in [0.5, 0.6) is 0 Å². The van der Waals surface area contributed by atoms with Gasteiger partial charge in [-0.3, -0.25) is 14.6 Å². The lowest BCUT2D eigenvalue weighted by Crippen LogP contribution is -2.48. The number of carbonyl (C=O) groups is 1. The van der Waals surface area contributed by atoms with Crippen LogP contribution in [-0.2, 0) is 4.79 Å². The highest BCUT2D eigenvalue weighted by Crippen LogP contribution is 2.19. The van der Waals surface area contributed by atoms with Crippen molar-refractivity contribution in [3.63, 3.8) is 0 Å². The SMILES string of the molecule is CSc1cccc(NC(=O)CN2CCN(C/C=C/c3ccccc3)CC2)c1. The molecule has 1 aliphatic heterocycles. The second-order valence-corrected chi connectivity index (χ2v) is 7.55. The van der Waals surface area contributed by atoms with E-state index in [0.29, 0.717) is 6.54 Å². The van der Waals surface area contributed by atoms with E-state index in [-0.39, 0.29) is 5.91 Å². The zero-order valence-electron chi connectivity index (χ0n) is 15.8. The number of nitrogens with one attached hydrogen (secondary N) is 1. The molecule has 0 atom stereocenters. The average molecular weight is 382 g/mol. The highest BCUT2D eigenvalue weighted by molar-refractivity contribution is 7.98. The number of anilines is 1. The van der Waals surface area contributed by atoms with E-state index in [0.717, 1.165) is 43.3 Å². The molecular formula is C22H27N3OS. The van der Waals surface area contributed by atoms with Gasteiger partial charge >= 0.3 is 0 Å². The molecule has 0 unspecified atom stereocenters. The zero-order valence-corrected chi connectivity index (χ0v) is 16.6. The maximum absolute atomic E-state index is 12.3. The fourth-order valence-corrected chi connectivity index (χ4v) is 3.60. The number of piperazine rings is 1. The van der Waals surface area contributed by atoms with E-state index in [1.54, 1.807) is 11.8 Å². The van der Waals surface area contributed by atoms with E-state index in [1.807, 2.05) is 36.6 Å². The first kappa shape index (κ1) is 19.7. The maximum Gasteiger partial charge on any atom is 0.238 e. The topological polar surface area (TPSA) is 35.6 Å². The summed E-state index contributed by atoms with van der Waals surface area (Å²) in [4.78, 5) is 18.1. The van der Waals surface area contributed by atoms with Crippen molar-refractivity contribution in [1.29, 1.82) is 0 Å². The molecule has 1 N–H and O–H groups in total. The van der Waals surface area contributed by atoms with Gasteiger partial charge in [-0.2, -0.15) is 0 Å². The lowest BCUT2D eigenvalue weighted by Gasteiger charge is -2.33. The number of hydrogen-bond acceptors (Lipinski definition) is 4. The molecule has 0 saturated carbocycles. The van der Waals surface area contributed by atoms with Crippen LogP contribution in [-0.4, -0.2) is 61.2 Å². The van der Waals surface area contributed by atoms with Gasteiger partial charge in [0.1, 0.15) is 0 Å². The van der Waals surface area contributed by atoms with Crippen molar-refractivity contribution in [2.75, 3.05) is 50.8 Å². The Morgan fingerprint density at radius 3 is 2.52 bits per heavy atom. The summed E-state index contributed by atoms with van der Waals surface area (Å²) in [6, 6.07) is 18.3. The average Bonchev–Trinajstić information content (AvgIpc) is 2.70. The summed E-state index contributed by atoms with van der Waals surface area (Å²) in [5.41, 5.74) is 2.11. The Hall–Kier alpha value is -2.08. The molecule has 4 nitrogen and oxygen atoms in total. The molecule has 2 aromatic rings. The summed E-state index contributed by atoms with van der Waals surface area (Å²) in [5.74, 6) is 0.0608. The first-order valence-corrected chi connectivity index (χ1v) is 10.6. The molecule has 0 aliphatic carbocycles. The van der Waals surface area contributed by atoms with Crippen molar-refractivity contribution < 1.29 is 4.79 Å². The molecule has 1 saturated heterocycles. The molecule has 1 amide bonds. The summed E-state index contributed by atoms with van der Waals surface area (Å²) in [6.45, 7) is 5.26. The number of carbonyl (C=O) groups excluding carboxylic acids is 1. The number of rotatable bonds is 7. The van der Waals surface area contributed by atoms with E-state index in [9.17, 15) is 4.79 Å². The molecular weight excluding hydrogens is 354 g/mol. The fraction of sp³-hybridized carbons (Fsp3) is 0.318. The Kier molecular flexibility index (Phi) is 7.51. The van der Waals surface area contributed by atoms with E-state index < -0.39 is 0 Å². The third-order valence-corrected chi connectivity index (χ3v) is 5.38. The van der Waals surface area contributed by atoms with Crippen LogP contribution < -0.4 is 5.32 Å². The van der Waals surface area contributed by atoms with Crippen molar-refractivity contribution in [1.82, 2.24) is 9.80 Å². The lowest BCUT2D eigenvalue weighted by atomic mass is 10.2. The van der Waals surface area contributed by atoms with Crippen LogP contribution >= 0.6 is 11.8 Å². The molecule has 0 aromatic heterocycles. The molecule has 1 aliphatic rings. The van der Waals surface area contributed by atoms with E-state index >= 15 is 0 Å². The van der Waals surface area contributed by atoms with E-state index in [1.165, 1.54) is 5.56 Å². The molecule has 0 radical (unpaired) electrons. The van der Waals surface area contributed by atoms with Crippen LogP contribution in [0, 0.1) is 0 Å². The Morgan fingerprint density at radius 1 is 1.04 bits per heavy atom. The van der Waals surface area contributed by atoms with Crippen molar-refractivity contribution in [3.8, 4) is 0 Å². The maximum atomic E-state index is 12.3. The first-order chi connectivity index (χ1) is 13.2. The van der Waals surface area contributed by atoms with Gasteiger partial charge in [0, 0.05) is 43.3 Å². The fourth-order valence-electron chi connectivity index (χ4n) is 3.14. The molecule has 0 bridgehead atoms. The van der Waals surface area contributed by atoms with Crippen molar-refractivity contribution in [2.24, 2.45) is 0 Å². The van der Waals surface area contributed by atoms with Gasteiger partial charge < -0.3 is 5.32 Å². The van der Waals surface area contributed by atoms with Crippen LogP contribution in [0.4, 0.5) is 5.69 Å². The number of benzene rings is 2. The van der Waals surface area contributed by atoms with Gasteiger partial charge in [0.05, 0.1) is 6.54 Å². The third kappa shape index (κ3) is 6.54. The van der Waals surface area contributed by atoms with Crippen LogP contribution in [0.25, 0.3) is 6.08 Å². The summed E-state index contributed by atoms with van der Waals surface area (Å²) in [7, 11) is 0. The smallest absolute Gasteiger partial charge is 0.238 e. The third-order valence-electron chi connectivity index (χ3n) is 4.66. The van der Waals surface area contributed by atoms with Gasteiger partial charge in [-0.1, -0.05) is 48.6 Å². The van der Waals surface area contributed by atoms with Crippen LogP contribution in [0.15, 0.2) is 65.6 Å². The van der Waals surface area contributed by atoms with Crippen LogP contribution in [0.3, 0.4) is 0 Å². The number of nitrogens with zero attached hydrogens (tertiary/aromatic N) is 2. The molecule has 0 spiro atoms. The zero-order chi connectivity index (χ0) is 18.9. The first-order valence-electron chi connectivity index (χ1n) is 9.33. The quantitative estimate of drug-likeness (QED) is 0.742. The predicted octanol–water partition coefficient (Wildman–Crippen LogP) is 3.68. The van der Waals surface area contributed by atoms with Gasteiger partial charge in [-0.05, 0) is 30.0 Å². The van der Waals surface area contributed by atoms with Gasteiger partial charge in [-0.25, -0.2) is 0 Å². The largest absolute Gasteiger partial charge is 0.325 e. The van der Waals surface area contributed by atoms with Gasteiger partial charge in [-0.15, -0.1) is 11.8 Å². The standard InChI is InChI=1S/C22H27N3OS/c1-27-21-11-5-10-20(17-21)23-22(26)18-25-15-13-24(14-16-25)12-6-9-19-7-3-2-4-8-19/h2-11,17H,12-16,18H2,1H3,(H,23,26)/b9-6+. The Balaban J connectivity index is 1.38. The lowest BCUT2D eigenvalue weighted by molar-refractivity contribution is -0.117. The number of thioether (sulfide) groups is 1. The minimum Gasteiger partial charge on any atom is -0.325 e. The summed E-state index contributed by atoms with van der Waals surface area (Å²) in [5, 5.41) is 3.01. The molecule has 142 valence electrons. The summed E-state index contributed by atoms with van der Waals surface area (Å²) >= 11 is 1.68. The number of amides is 1. The van der Waals surface area contributed by atoms with Crippen LogP contribution in [0.2, 0.25) is 0 Å². The van der Waals surface area contributed by atoms with Gasteiger partial charge in [0.2, 0.25) is 5.91 Å². The Bertz CT molecular complexity index is 755. The normalized spacial score (nSPS) is 15.9. The van der Waals surface area contributed by atoms with Gasteiger partial charge in [0.25, 0.3) is 0 Å². The molecule has 27 heavy (non-hydrogen) atoms. The molecule has 2 aromatic carbocycles. The number of hydrogen-bond donors (Lipinski definition) is 1. The predicted molar refractivity (Wildman–Crippen MR) is 115 cm³/mol. The van der Waals surface area contributed by atoms with Crippen molar-refractivity contribution in [2.45, 2.75) is 4.90 Å². The van der Waals surface area contributed by atoms with E-state index in [2.05, 4.69) is 51.5 Å². The summed E-state index contributed by atoms with van der Waals surface area (Å²) < 4.78 is 0. The Morgan fingerprint density at radius 2 is 1.78 bits per heavy atom. The highest BCUT2D eigenvalue weighted by atomic mass is 32.2. The second-order valence-electron chi connectivity index (χ2n) is 6.67. The molecule has 1 heterocycles. The second kappa shape index (κ2) is 10.3. The molecule has 5 heteroatoms. The van der Waals surface area contributed by atoms with Crippen molar-refractivity contribution >= 4 is 29.4 Å². The minimum absolute atomic E-state index is 0.0608. The van der Waals surface area contributed by atoms with Gasteiger partial charge in [0.15, 0.2) is 0 Å². The summed E-state index contributed by atoms with van der Waals surface area (Å²) in [6.07, 6.45) is 6.43. The highest BCUT2D eigenvalue weighted by Gasteiger charge is 2.18. The monoisotopic (exact) mass is 381 g/mol. The molecule has 1 fully saturated rings. The van der Waals surface area contributed by atoms with Crippen molar-refractivity contribution in [3.05, 3.63) is 66.2 Å². The minimum atomic E-state index is 0.0608. The van der Waals surface area contributed by atoms with E-state index in [4.69, 9.17) is 0 Å². The molecule has 3 rings (SSSR count). The Labute approximate surface area is 166 Å².